The maximum absolute atomic E-state index is 12.6. The smallest absolute Gasteiger partial charge is 0.451 e. The van der Waals surface area contributed by atoms with Gasteiger partial charge in [-0.25, -0.2) is 9.97 Å². The Morgan fingerprint density at radius 3 is 2.52 bits per heavy atom. The van der Waals surface area contributed by atoms with E-state index in [9.17, 15) is 18.0 Å². The van der Waals surface area contributed by atoms with Gasteiger partial charge in [-0.2, -0.15) is 13.2 Å². The molecule has 1 aromatic carbocycles. The molecule has 0 saturated carbocycles. The molecule has 31 heavy (non-hydrogen) atoms. The number of ether oxygens (including phenoxy) is 3. The summed E-state index contributed by atoms with van der Waals surface area (Å²) in [6.07, 6.45) is -3.01. The molecule has 1 amide bonds. The third-order valence-electron chi connectivity index (χ3n) is 4.53. The fourth-order valence-electron chi connectivity index (χ4n) is 3.18. The van der Waals surface area contributed by atoms with E-state index >= 15 is 0 Å². The van der Waals surface area contributed by atoms with Gasteiger partial charge >= 0.3 is 6.18 Å². The Balaban J connectivity index is 1.74. The monoisotopic (exact) mass is 460 g/mol. The standard InChI is InChI=1S/C19H20ClF3N4O4/c1-29-10-17(28)26-15-8-27(9-16(15)30-2)12-3-11(20)4-13(5-12)31-14-6-24-18(25-7-14)19(21,22)23/h3-7,15-16H,8-10H2,1-2H3,(H,26,28)/t15-,16+/m0/s1. The van der Waals surface area contributed by atoms with E-state index in [-0.39, 0.29) is 30.4 Å². The van der Waals surface area contributed by atoms with E-state index in [1.807, 2.05) is 4.90 Å². The van der Waals surface area contributed by atoms with Crippen LogP contribution in [0.4, 0.5) is 18.9 Å². The molecular formula is C19H20ClF3N4O4. The van der Waals surface area contributed by atoms with Crippen molar-refractivity contribution in [3.8, 4) is 11.5 Å². The lowest BCUT2D eigenvalue weighted by atomic mass is 10.2. The topological polar surface area (TPSA) is 85.8 Å². The minimum absolute atomic E-state index is 0.0297. The second-order valence-corrected chi connectivity index (χ2v) is 7.21. The fourth-order valence-corrected chi connectivity index (χ4v) is 3.40. The van der Waals surface area contributed by atoms with Crippen molar-refractivity contribution in [1.29, 1.82) is 0 Å². The summed E-state index contributed by atoms with van der Waals surface area (Å²) in [5.41, 5.74) is 0.695. The van der Waals surface area contributed by atoms with Crippen molar-refractivity contribution in [2.45, 2.75) is 18.3 Å². The molecule has 0 unspecified atom stereocenters. The Morgan fingerprint density at radius 2 is 1.90 bits per heavy atom. The molecule has 2 aromatic rings. The number of methoxy groups -OCH3 is 2. The van der Waals surface area contributed by atoms with Crippen LogP contribution in [0.15, 0.2) is 30.6 Å². The molecule has 0 radical (unpaired) electrons. The molecule has 1 fully saturated rings. The van der Waals surface area contributed by atoms with E-state index in [1.54, 1.807) is 19.2 Å². The minimum atomic E-state index is -4.63. The van der Waals surface area contributed by atoms with Crippen LogP contribution in [0.25, 0.3) is 0 Å². The number of anilines is 1. The van der Waals surface area contributed by atoms with Crippen molar-refractivity contribution in [2.75, 3.05) is 38.8 Å². The van der Waals surface area contributed by atoms with Crippen LogP contribution in [0, 0.1) is 0 Å². The van der Waals surface area contributed by atoms with Gasteiger partial charge in [0.15, 0.2) is 5.75 Å². The SMILES string of the molecule is COCC(=O)N[C@H]1CN(c2cc(Cl)cc(Oc3cnc(C(F)(F)F)nc3)c2)C[C@H]1OC. The third kappa shape index (κ3) is 5.96. The zero-order valence-electron chi connectivity index (χ0n) is 16.6. The Hall–Kier alpha value is -2.63. The van der Waals surface area contributed by atoms with Crippen molar-refractivity contribution in [1.82, 2.24) is 15.3 Å². The average Bonchev–Trinajstić information content (AvgIpc) is 3.10. The number of alkyl halides is 3. The number of halogens is 4. The summed E-state index contributed by atoms with van der Waals surface area (Å²) in [4.78, 5) is 20.4. The predicted molar refractivity (Wildman–Crippen MR) is 105 cm³/mol. The van der Waals surface area contributed by atoms with E-state index in [0.29, 0.717) is 29.5 Å². The summed E-state index contributed by atoms with van der Waals surface area (Å²) in [7, 11) is 2.99. The first-order valence-electron chi connectivity index (χ1n) is 9.13. The summed E-state index contributed by atoms with van der Waals surface area (Å²) < 4.78 is 53.7. The summed E-state index contributed by atoms with van der Waals surface area (Å²) >= 11 is 6.21. The largest absolute Gasteiger partial charge is 0.454 e. The first-order chi connectivity index (χ1) is 14.7. The van der Waals surface area contributed by atoms with Gasteiger partial charge in [0.2, 0.25) is 11.7 Å². The minimum Gasteiger partial charge on any atom is -0.454 e. The number of nitrogens with zero attached hydrogens (tertiary/aromatic N) is 3. The maximum atomic E-state index is 12.6. The molecule has 1 aliphatic heterocycles. The number of aromatic nitrogens is 2. The Morgan fingerprint density at radius 1 is 1.19 bits per heavy atom. The number of nitrogens with one attached hydrogen (secondary N) is 1. The van der Waals surface area contributed by atoms with E-state index in [4.69, 9.17) is 25.8 Å². The molecule has 2 heterocycles. The van der Waals surface area contributed by atoms with Crippen molar-refractivity contribution < 1.29 is 32.2 Å². The number of benzene rings is 1. The Bertz CT molecular complexity index is 914. The molecular weight excluding hydrogens is 441 g/mol. The molecule has 0 aliphatic carbocycles. The molecule has 168 valence electrons. The van der Waals surface area contributed by atoms with Crippen LogP contribution in [0.3, 0.4) is 0 Å². The average molecular weight is 461 g/mol. The third-order valence-corrected chi connectivity index (χ3v) is 4.75. The molecule has 1 aromatic heterocycles. The summed E-state index contributed by atoms with van der Waals surface area (Å²) in [5.74, 6) is -1.18. The number of carbonyl (C=O) groups is 1. The highest BCUT2D eigenvalue weighted by molar-refractivity contribution is 6.31. The quantitative estimate of drug-likeness (QED) is 0.680. The van der Waals surface area contributed by atoms with Gasteiger partial charge in [0.25, 0.3) is 0 Å². The van der Waals surface area contributed by atoms with Gasteiger partial charge in [-0.15, -0.1) is 0 Å². The van der Waals surface area contributed by atoms with Gasteiger partial charge < -0.3 is 24.4 Å². The van der Waals surface area contributed by atoms with Crippen LogP contribution in [0.1, 0.15) is 5.82 Å². The highest BCUT2D eigenvalue weighted by Gasteiger charge is 2.35. The summed E-state index contributed by atoms with van der Waals surface area (Å²) in [6, 6.07) is 4.64. The fraction of sp³-hybridized carbons (Fsp3) is 0.421. The number of amides is 1. The molecule has 3 rings (SSSR count). The highest BCUT2D eigenvalue weighted by Crippen LogP contribution is 2.33. The van der Waals surface area contributed by atoms with E-state index in [2.05, 4.69) is 15.3 Å². The van der Waals surface area contributed by atoms with Gasteiger partial charge in [-0.3, -0.25) is 4.79 Å². The second kappa shape index (κ2) is 9.67. The zero-order valence-corrected chi connectivity index (χ0v) is 17.4. The molecule has 0 spiro atoms. The lowest BCUT2D eigenvalue weighted by Gasteiger charge is -2.20. The molecule has 1 saturated heterocycles. The van der Waals surface area contributed by atoms with Gasteiger partial charge in [0.1, 0.15) is 12.4 Å². The first-order valence-corrected chi connectivity index (χ1v) is 9.51. The molecule has 2 atom stereocenters. The van der Waals surface area contributed by atoms with Crippen molar-refractivity contribution in [2.24, 2.45) is 0 Å². The van der Waals surface area contributed by atoms with Crippen LogP contribution in [0.2, 0.25) is 5.02 Å². The zero-order chi connectivity index (χ0) is 22.6. The maximum Gasteiger partial charge on any atom is 0.451 e. The lowest BCUT2D eigenvalue weighted by Crippen LogP contribution is -2.44. The molecule has 8 nitrogen and oxygen atoms in total. The van der Waals surface area contributed by atoms with Crippen LogP contribution in [-0.2, 0) is 20.4 Å². The van der Waals surface area contributed by atoms with Crippen molar-refractivity contribution in [3.63, 3.8) is 0 Å². The number of rotatable bonds is 7. The van der Waals surface area contributed by atoms with Crippen molar-refractivity contribution in [3.05, 3.63) is 41.4 Å². The van der Waals surface area contributed by atoms with Gasteiger partial charge in [-0.05, 0) is 12.1 Å². The first kappa shape index (κ1) is 23.0. The van der Waals surface area contributed by atoms with E-state index in [0.717, 1.165) is 12.4 Å². The molecule has 1 aliphatic rings. The molecule has 0 bridgehead atoms. The summed E-state index contributed by atoms with van der Waals surface area (Å²) in [5, 5.41) is 3.23. The van der Waals surface area contributed by atoms with Crippen molar-refractivity contribution >= 4 is 23.2 Å². The second-order valence-electron chi connectivity index (χ2n) is 6.77. The van der Waals surface area contributed by atoms with Crippen LogP contribution >= 0.6 is 11.6 Å². The Labute approximate surface area is 181 Å². The van der Waals surface area contributed by atoms with Crippen LogP contribution < -0.4 is 15.0 Å². The number of hydrogen-bond donors (Lipinski definition) is 1. The van der Waals surface area contributed by atoms with E-state index < -0.39 is 12.0 Å². The van der Waals surface area contributed by atoms with Crippen LogP contribution in [-0.4, -0.2) is 61.9 Å². The van der Waals surface area contributed by atoms with Gasteiger partial charge in [0, 0.05) is 44.1 Å². The molecule has 1 N–H and O–H groups in total. The highest BCUT2D eigenvalue weighted by atomic mass is 35.5. The molecule has 12 heteroatoms. The normalized spacial score (nSPS) is 18.8. The number of hydrogen-bond acceptors (Lipinski definition) is 7. The summed E-state index contributed by atoms with van der Waals surface area (Å²) in [6.45, 7) is 0.881. The van der Waals surface area contributed by atoms with Gasteiger partial charge in [0.05, 0.1) is 24.5 Å². The lowest BCUT2D eigenvalue weighted by molar-refractivity contribution is -0.145. The van der Waals surface area contributed by atoms with E-state index in [1.165, 1.54) is 13.2 Å². The van der Waals surface area contributed by atoms with Crippen LogP contribution in [0.5, 0.6) is 11.5 Å². The number of carbonyl (C=O) groups excluding carboxylic acids is 1. The van der Waals surface area contributed by atoms with Gasteiger partial charge in [-0.1, -0.05) is 11.6 Å². The predicted octanol–water partition coefficient (Wildman–Crippen LogP) is 2.91. The Kier molecular flexibility index (Phi) is 7.19.